The first-order valence-electron chi connectivity index (χ1n) is 7.74. The molecule has 0 unspecified atom stereocenters. The van der Waals surface area contributed by atoms with E-state index >= 15 is 0 Å². The highest BCUT2D eigenvalue weighted by molar-refractivity contribution is 14.1. The lowest BCUT2D eigenvalue weighted by molar-refractivity contribution is 0.102. The third-order valence-corrected chi connectivity index (χ3v) is 6.29. The van der Waals surface area contributed by atoms with Crippen molar-refractivity contribution < 1.29 is 4.79 Å². The molecule has 4 aromatic rings. The molecule has 1 amide bonds. The highest BCUT2D eigenvalue weighted by Crippen LogP contribution is 2.29. The largest absolute Gasteiger partial charge is 0.306 e. The number of carbonyl (C=O) groups is 1. The predicted molar refractivity (Wildman–Crippen MR) is 114 cm³/mol. The van der Waals surface area contributed by atoms with Gasteiger partial charge in [0.2, 0.25) is 5.13 Å². The van der Waals surface area contributed by atoms with Gasteiger partial charge in [0.25, 0.3) is 5.91 Å². The van der Waals surface area contributed by atoms with Crippen molar-refractivity contribution in [1.82, 2.24) is 14.8 Å². The number of hydrogen-bond acceptors (Lipinski definition) is 5. The van der Waals surface area contributed by atoms with Crippen molar-refractivity contribution in [3.05, 3.63) is 68.1 Å². The molecule has 0 aliphatic rings. The summed E-state index contributed by atoms with van der Waals surface area (Å²) in [6, 6.07) is 13.4. The minimum Gasteiger partial charge on any atom is -0.306 e. The molecule has 8 heteroatoms. The molecular weight excluding hydrogens is 479 g/mol. The van der Waals surface area contributed by atoms with Crippen LogP contribution in [0.4, 0.5) is 5.82 Å². The van der Waals surface area contributed by atoms with Gasteiger partial charge in [-0.3, -0.25) is 4.79 Å². The van der Waals surface area contributed by atoms with Gasteiger partial charge in [-0.05, 0) is 53.1 Å². The van der Waals surface area contributed by atoms with Crippen LogP contribution in [-0.4, -0.2) is 20.7 Å². The summed E-state index contributed by atoms with van der Waals surface area (Å²) >= 11 is 5.31. The number of hydrogen-bond donors (Lipinski definition) is 1. The normalized spacial score (nSPS) is 10.8. The van der Waals surface area contributed by atoms with Crippen LogP contribution in [0.1, 0.15) is 16.1 Å². The fourth-order valence-electron chi connectivity index (χ4n) is 2.46. The quantitative estimate of drug-likeness (QED) is 0.398. The van der Waals surface area contributed by atoms with Gasteiger partial charge in [-0.15, -0.1) is 22.7 Å². The third-order valence-electron chi connectivity index (χ3n) is 3.64. The average Bonchev–Trinajstić information content (AvgIpc) is 3.35. The van der Waals surface area contributed by atoms with E-state index in [4.69, 9.17) is 0 Å². The van der Waals surface area contributed by atoms with Gasteiger partial charge in [-0.25, -0.2) is 4.98 Å². The molecule has 1 aromatic carbocycles. The molecule has 26 heavy (non-hydrogen) atoms. The summed E-state index contributed by atoms with van der Waals surface area (Å²) in [5, 5.41) is 12.2. The third kappa shape index (κ3) is 3.44. The Bertz CT molecular complexity index is 1070. The Morgan fingerprint density at radius 1 is 1.19 bits per heavy atom. The molecule has 3 heterocycles. The molecule has 3 aromatic heterocycles. The number of carbonyl (C=O) groups excluding carboxylic acids is 1. The number of anilines is 1. The lowest BCUT2D eigenvalue weighted by Crippen LogP contribution is -2.16. The standard InChI is InChI=1S/C18H13IN4OS2/c1-11-9-16(21-17(24)12-5-2-3-6-13(12)19)23(22-11)18-20-14(10-26-18)15-7-4-8-25-15/h2-10H,1H3,(H,21,24). The van der Waals surface area contributed by atoms with Crippen LogP contribution in [0.25, 0.3) is 15.7 Å². The van der Waals surface area contributed by atoms with E-state index < -0.39 is 0 Å². The number of thiophene rings is 1. The summed E-state index contributed by atoms with van der Waals surface area (Å²) in [6.45, 7) is 1.90. The van der Waals surface area contributed by atoms with Crippen molar-refractivity contribution in [1.29, 1.82) is 0 Å². The smallest absolute Gasteiger partial charge is 0.257 e. The summed E-state index contributed by atoms with van der Waals surface area (Å²) in [4.78, 5) is 18.4. The van der Waals surface area contributed by atoms with E-state index in [2.05, 4.69) is 38.0 Å². The molecule has 0 atom stereocenters. The minimum absolute atomic E-state index is 0.161. The molecule has 0 bridgehead atoms. The summed E-state index contributed by atoms with van der Waals surface area (Å²) in [6.07, 6.45) is 0. The molecule has 0 saturated heterocycles. The van der Waals surface area contributed by atoms with Crippen LogP contribution in [0.15, 0.2) is 53.2 Å². The molecular formula is C18H13IN4OS2. The molecule has 1 N–H and O–H groups in total. The molecule has 0 aliphatic carbocycles. The van der Waals surface area contributed by atoms with E-state index in [-0.39, 0.29) is 5.91 Å². The van der Waals surface area contributed by atoms with Gasteiger partial charge in [0.05, 0.1) is 21.8 Å². The lowest BCUT2D eigenvalue weighted by atomic mass is 10.2. The molecule has 0 radical (unpaired) electrons. The number of aryl methyl sites for hydroxylation is 1. The number of thiazole rings is 1. The number of rotatable bonds is 4. The number of halogens is 1. The molecule has 4 rings (SSSR count). The van der Waals surface area contributed by atoms with E-state index in [1.54, 1.807) is 16.0 Å². The Morgan fingerprint density at radius 2 is 2.04 bits per heavy atom. The fraction of sp³-hybridized carbons (Fsp3) is 0.0556. The second-order valence-corrected chi connectivity index (χ2v) is 8.46. The maximum absolute atomic E-state index is 12.6. The number of nitrogens with one attached hydrogen (secondary N) is 1. The Labute approximate surface area is 171 Å². The van der Waals surface area contributed by atoms with Gasteiger partial charge in [-0.1, -0.05) is 18.2 Å². The first kappa shape index (κ1) is 17.4. The average molecular weight is 492 g/mol. The summed E-state index contributed by atoms with van der Waals surface area (Å²) < 4.78 is 2.59. The Balaban J connectivity index is 1.65. The van der Waals surface area contributed by atoms with Gasteiger partial charge >= 0.3 is 0 Å². The predicted octanol–water partition coefficient (Wildman–Crippen LogP) is 5.22. The first-order valence-corrected chi connectivity index (χ1v) is 10.6. The zero-order valence-electron chi connectivity index (χ0n) is 13.6. The second-order valence-electron chi connectivity index (χ2n) is 5.51. The summed E-state index contributed by atoms with van der Waals surface area (Å²) in [5.41, 5.74) is 2.37. The number of benzene rings is 1. The lowest BCUT2D eigenvalue weighted by Gasteiger charge is -2.07. The van der Waals surface area contributed by atoms with Crippen molar-refractivity contribution >= 4 is 57.0 Å². The van der Waals surface area contributed by atoms with Crippen molar-refractivity contribution in [3.63, 3.8) is 0 Å². The van der Waals surface area contributed by atoms with Crippen LogP contribution < -0.4 is 5.32 Å². The van der Waals surface area contributed by atoms with Gasteiger partial charge in [0, 0.05) is 15.0 Å². The van der Waals surface area contributed by atoms with E-state index in [1.165, 1.54) is 11.3 Å². The number of aromatic nitrogens is 3. The summed E-state index contributed by atoms with van der Waals surface area (Å²) in [5.74, 6) is 0.449. The molecule has 0 fully saturated rings. The highest BCUT2D eigenvalue weighted by atomic mass is 127. The SMILES string of the molecule is Cc1cc(NC(=O)c2ccccc2I)n(-c2nc(-c3cccs3)cs2)n1. The molecule has 0 spiro atoms. The van der Waals surface area contributed by atoms with Crippen LogP contribution in [0, 0.1) is 10.5 Å². The van der Waals surface area contributed by atoms with E-state index in [0.29, 0.717) is 11.4 Å². The van der Waals surface area contributed by atoms with Gasteiger partial charge in [0.1, 0.15) is 5.82 Å². The molecule has 0 saturated carbocycles. The van der Waals surface area contributed by atoms with Crippen LogP contribution in [0.2, 0.25) is 0 Å². The molecule has 130 valence electrons. The Hall–Kier alpha value is -2.04. The van der Waals surface area contributed by atoms with E-state index in [1.807, 2.05) is 60.1 Å². The fourth-order valence-corrected chi connectivity index (χ4v) is 4.64. The van der Waals surface area contributed by atoms with Crippen molar-refractivity contribution in [3.8, 4) is 15.7 Å². The van der Waals surface area contributed by atoms with Crippen molar-refractivity contribution in [2.24, 2.45) is 0 Å². The van der Waals surface area contributed by atoms with Crippen LogP contribution in [0.3, 0.4) is 0 Å². The maximum Gasteiger partial charge on any atom is 0.257 e. The van der Waals surface area contributed by atoms with Crippen LogP contribution in [0.5, 0.6) is 0 Å². The first-order chi connectivity index (χ1) is 12.6. The Kier molecular flexibility index (Phi) is 4.88. The van der Waals surface area contributed by atoms with Gasteiger partial charge in [0.15, 0.2) is 0 Å². The summed E-state index contributed by atoms with van der Waals surface area (Å²) in [7, 11) is 0. The van der Waals surface area contributed by atoms with Crippen molar-refractivity contribution in [2.75, 3.05) is 5.32 Å². The molecule has 5 nitrogen and oxygen atoms in total. The zero-order chi connectivity index (χ0) is 18.1. The van der Waals surface area contributed by atoms with Crippen LogP contribution in [-0.2, 0) is 0 Å². The number of nitrogens with zero attached hydrogens (tertiary/aromatic N) is 3. The minimum atomic E-state index is -0.161. The number of amides is 1. The van der Waals surface area contributed by atoms with Crippen molar-refractivity contribution in [2.45, 2.75) is 6.92 Å². The Morgan fingerprint density at radius 3 is 2.81 bits per heavy atom. The van der Waals surface area contributed by atoms with Gasteiger partial charge < -0.3 is 5.32 Å². The van der Waals surface area contributed by atoms with Crippen LogP contribution >= 0.6 is 45.3 Å². The zero-order valence-corrected chi connectivity index (χ0v) is 17.4. The van der Waals surface area contributed by atoms with E-state index in [0.717, 1.165) is 25.0 Å². The topological polar surface area (TPSA) is 59.8 Å². The maximum atomic E-state index is 12.6. The highest BCUT2D eigenvalue weighted by Gasteiger charge is 2.16. The van der Waals surface area contributed by atoms with E-state index in [9.17, 15) is 4.79 Å². The second kappa shape index (κ2) is 7.29. The monoisotopic (exact) mass is 492 g/mol. The van der Waals surface area contributed by atoms with Gasteiger partial charge in [-0.2, -0.15) is 9.78 Å². The molecule has 0 aliphatic heterocycles.